The monoisotopic (exact) mass is 428 g/mol. The van der Waals surface area contributed by atoms with Gasteiger partial charge in [0.25, 0.3) is 5.91 Å². The van der Waals surface area contributed by atoms with Crippen LogP contribution >= 0.6 is 11.6 Å². The first-order valence-electron chi connectivity index (χ1n) is 8.31. The molecule has 2 amide bonds. The van der Waals surface area contributed by atoms with Crippen molar-refractivity contribution in [1.82, 2.24) is 0 Å². The molecular formula is C19H16ClF3N2O4. The highest BCUT2D eigenvalue weighted by atomic mass is 35.5. The van der Waals surface area contributed by atoms with E-state index in [1.54, 1.807) is 24.3 Å². The molecule has 29 heavy (non-hydrogen) atoms. The zero-order chi connectivity index (χ0) is 21.4. The molecule has 0 aliphatic heterocycles. The second kappa shape index (κ2) is 9.92. The van der Waals surface area contributed by atoms with Crippen LogP contribution in [0.3, 0.4) is 0 Å². The largest absolute Gasteiger partial charge is 0.456 e. The topological polar surface area (TPSA) is 84.5 Å². The molecule has 0 atom stereocenters. The molecule has 0 bridgehead atoms. The first kappa shape index (κ1) is 22.2. The molecule has 2 aromatic rings. The van der Waals surface area contributed by atoms with Crippen molar-refractivity contribution >= 4 is 40.8 Å². The number of carbonyl (C=O) groups excluding carboxylic acids is 3. The van der Waals surface area contributed by atoms with Gasteiger partial charge in [-0.3, -0.25) is 14.4 Å². The van der Waals surface area contributed by atoms with Crippen LogP contribution in [0.2, 0.25) is 5.02 Å². The summed E-state index contributed by atoms with van der Waals surface area (Å²) in [6.45, 7) is -0.687. The maximum absolute atomic E-state index is 12.6. The zero-order valence-corrected chi connectivity index (χ0v) is 15.6. The van der Waals surface area contributed by atoms with E-state index in [-0.39, 0.29) is 18.5 Å². The number of rotatable bonds is 7. The highest BCUT2D eigenvalue weighted by molar-refractivity contribution is 6.30. The van der Waals surface area contributed by atoms with E-state index in [0.29, 0.717) is 10.7 Å². The molecule has 0 aliphatic rings. The van der Waals surface area contributed by atoms with Crippen LogP contribution in [0, 0.1) is 0 Å². The molecule has 10 heteroatoms. The van der Waals surface area contributed by atoms with Crippen molar-refractivity contribution in [3.05, 3.63) is 59.1 Å². The fourth-order valence-electron chi connectivity index (χ4n) is 2.16. The van der Waals surface area contributed by atoms with E-state index in [2.05, 4.69) is 10.6 Å². The van der Waals surface area contributed by atoms with Gasteiger partial charge in [-0.05, 0) is 42.5 Å². The summed E-state index contributed by atoms with van der Waals surface area (Å²) in [6.07, 6.45) is -4.98. The molecule has 0 heterocycles. The molecule has 0 unspecified atom stereocenters. The standard InChI is InChI=1S/C19H16ClF3N2O4/c20-13-4-6-14(7-5-13)24-16(26)8-9-18(28)29-11-17(27)25-15-3-1-2-12(10-15)19(21,22)23/h1-7,10H,8-9,11H2,(H,24,26)(H,25,27). The molecule has 2 aromatic carbocycles. The van der Waals surface area contributed by atoms with Crippen LogP contribution < -0.4 is 10.6 Å². The van der Waals surface area contributed by atoms with E-state index in [1.165, 1.54) is 6.07 Å². The predicted octanol–water partition coefficient (Wildman–Crippen LogP) is 4.26. The number of alkyl halides is 3. The third kappa shape index (κ3) is 7.82. The van der Waals surface area contributed by atoms with Crippen LogP contribution in [-0.2, 0) is 25.3 Å². The van der Waals surface area contributed by atoms with Crippen LogP contribution in [-0.4, -0.2) is 24.4 Å². The second-order valence-electron chi connectivity index (χ2n) is 5.84. The van der Waals surface area contributed by atoms with Crippen LogP contribution in [0.4, 0.5) is 24.5 Å². The number of anilines is 2. The van der Waals surface area contributed by atoms with Gasteiger partial charge in [-0.1, -0.05) is 17.7 Å². The number of hydrogen-bond donors (Lipinski definition) is 2. The Morgan fingerprint density at radius 1 is 0.897 bits per heavy atom. The molecule has 0 radical (unpaired) electrons. The summed E-state index contributed by atoms with van der Waals surface area (Å²) in [5.74, 6) is -2.03. The number of nitrogens with one attached hydrogen (secondary N) is 2. The third-order valence-electron chi connectivity index (χ3n) is 3.52. The minimum Gasteiger partial charge on any atom is -0.456 e. The molecule has 6 nitrogen and oxygen atoms in total. The van der Waals surface area contributed by atoms with Crippen molar-refractivity contribution in [3.8, 4) is 0 Å². The van der Waals surface area contributed by atoms with Crippen molar-refractivity contribution in [2.24, 2.45) is 0 Å². The van der Waals surface area contributed by atoms with Crippen molar-refractivity contribution in [2.75, 3.05) is 17.2 Å². The lowest BCUT2D eigenvalue weighted by atomic mass is 10.2. The van der Waals surface area contributed by atoms with Crippen LogP contribution in [0.1, 0.15) is 18.4 Å². The quantitative estimate of drug-likeness (QED) is 0.645. The Hall–Kier alpha value is -3.07. The van der Waals surface area contributed by atoms with Gasteiger partial charge in [-0.2, -0.15) is 13.2 Å². The van der Waals surface area contributed by atoms with E-state index in [1.807, 2.05) is 0 Å². The molecule has 0 saturated heterocycles. The van der Waals surface area contributed by atoms with E-state index in [4.69, 9.17) is 16.3 Å². The highest BCUT2D eigenvalue weighted by Gasteiger charge is 2.30. The van der Waals surface area contributed by atoms with Gasteiger partial charge in [0.1, 0.15) is 0 Å². The van der Waals surface area contributed by atoms with Gasteiger partial charge in [0, 0.05) is 22.8 Å². The van der Waals surface area contributed by atoms with E-state index in [9.17, 15) is 27.6 Å². The minimum absolute atomic E-state index is 0.0804. The molecule has 154 valence electrons. The molecule has 0 saturated carbocycles. The summed E-state index contributed by atoms with van der Waals surface area (Å²) in [5.41, 5.74) is -0.490. The highest BCUT2D eigenvalue weighted by Crippen LogP contribution is 2.30. The van der Waals surface area contributed by atoms with E-state index in [0.717, 1.165) is 18.2 Å². The summed E-state index contributed by atoms with van der Waals surface area (Å²) >= 11 is 5.73. The molecule has 2 N–H and O–H groups in total. The van der Waals surface area contributed by atoms with Gasteiger partial charge >= 0.3 is 12.1 Å². The normalized spacial score (nSPS) is 10.9. The number of amides is 2. The minimum atomic E-state index is -4.54. The number of carbonyl (C=O) groups is 3. The Kier molecular flexibility index (Phi) is 7.60. The van der Waals surface area contributed by atoms with Crippen LogP contribution in [0.15, 0.2) is 48.5 Å². The Bertz CT molecular complexity index is 886. The first-order chi connectivity index (χ1) is 13.6. The molecule has 0 fully saturated rings. The molecule has 0 aromatic heterocycles. The Balaban J connectivity index is 1.72. The number of halogens is 4. The Labute approximate surface area is 169 Å². The molecule has 0 aliphatic carbocycles. The lowest BCUT2D eigenvalue weighted by molar-refractivity contribution is -0.147. The average molecular weight is 429 g/mol. The van der Waals surface area contributed by atoms with Crippen molar-refractivity contribution in [3.63, 3.8) is 0 Å². The van der Waals surface area contributed by atoms with Crippen LogP contribution in [0.25, 0.3) is 0 Å². The summed E-state index contributed by atoms with van der Waals surface area (Å²) in [5, 5.41) is 5.28. The predicted molar refractivity (Wildman–Crippen MR) is 100 cm³/mol. The maximum Gasteiger partial charge on any atom is 0.416 e. The Morgan fingerprint density at radius 2 is 1.55 bits per heavy atom. The lowest BCUT2D eigenvalue weighted by Crippen LogP contribution is -2.22. The summed E-state index contributed by atoms with van der Waals surface area (Å²) in [7, 11) is 0. The summed E-state index contributed by atoms with van der Waals surface area (Å²) in [6, 6.07) is 10.4. The number of ether oxygens (including phenoxy) is 1. The van der Waals surface area contributed by atoms with Gasteiger partial charge in [0.2, 0.25) is 5.91 Å². The van der Waals surface area contributed by atoms with Gasteiger partial charge < -0.3 is 15.4 Å². The van der Waals surface area contributed by atoms with Crippen molar-refractivity contribution < 1.29 is 32.3 Å². The zero-order valence-electron chi connectivity index (χ0n) is 14.9. The molecule has 0 spiro atoms. The molecular weight excluding hydrogens is 413 g/mol. The van der Waals surface area contributed by atoms with Gasteiger partial charge in [-0.25, -0.2) is 0 Å². The molecule has 2 rings (SSSR count). The average Bonchev–Trinajstić information content (AvgIpc) is 2.66. The SMILES string of the molecule is O=C(CCC(=O)OCC(=O)Nc1cccc(C(F)(F)F)c1)Nc1ccc(Cl)cc1. The summed E-state index contributed by atoms with van der Waals surface area (Å²) in [4.78, 5) is 35.1. The first-order valence-corrected chi connectivity index (χ1v) is 8.69. The number of esters is 1. The van der Waals surface area contributed by atoms with E-state index >= 15 is 0 Å². The van der Waals surface area contributed by atoms with E-state index < -0.39 is 36.1 Å². The second-order valence-corrected chi connectivity index (χ2v) is 6.28. The van der Waals surface area contributed by atoms with Gasteiger partial charge in [0.15, 0.2) is 6.61 Å². The van der Waals surface area contributed by atoms with Gasteiger partial charge in [0.05, 0.1) is 12.0 Å². The number of hydrogen-bond acceptors (Lipinski definition) is 4. The fourth-order valence-corrected chi connectivity index (χ4v) is 2.29. The van der Waals surface area contributed by atoms with Crippen LogP contribution in [0.5, 0.6) is 0 Å². The van der Waals surface area contributed by atoms with Gasteiger partial charge in [-0.15, -0.1) is 0 Å². The smallest absolute Gasteiger partial charge is 0.416 e. The maximum atomic E-state index is 12.6. The third-order valence-corrected chi connectivity index (χ3v) is 3.77. The Morgan fingerprint density at radius 3 is 2.21 bits per heavy atom. The van der Waals surface area contributed by atoms with Crippen molar-refractivity contribution in [2.45, 2.75) is 19.0 Å². The number of benzene rings is 2. The van der Waals surface area contributed by atoms with Crippen molar-refractivity contribution in [1.29, 1.82) is 0 Å². The summed E-state index contributed by atoms with van der Waals surface area (Å²) < 4.78 is 42.7. The fraction of sp³-hybridized carbons (Fsp3) is 0.211. The lowest BCUT2D eigenvalue weighted by Gasteiger charge is -2.10.